The molecule has 18 heavy (non-hydrogen) atoms. The van der Waals surface area contributed by atoms with Crippen LogP contribution in [0.3, 0.4) is 0 Å². The fourth-order valence-corrected chi connectivity index (χ4v) is 2.38. The minimum Gasteiger partial charge on any atom is -0.384 e. The fraction of sp³-hybridized carbons (Fsp3) is 0.500. The first-order valence-electron chi connectivity index (χ1n) is 6.08. The summed E-state index contributed by atoms with van der Waals surface area (Å²) in [5.74, 6) is 5.66. The van der Waals surface area contributed by atoms with Crippen LogP contribution in [0.5, 0.6) is 0 Å². The molecule has 0 aliphatic rings. The highest BCUT2D eigenvalue weighted by molar-refractivity contribution is 7.10. The summed E-state index contributed by atoms with van der Waals surface area (Å²) >= 11 is 1.59. The van der Waals surface area contributed by atoms with E-state index in [9.17, 15) is 4.79 Å². The molecule has 3 nitrogen and oxygen atoms in total. The number of carbonyl (C=O) groups is 1. The molecular formula is C14H19NO2S. The zero-order valence-corrected chi connectivity index (χ0v) is 11.7. The van der Waals surface area contributed by atoms with Gasteiger partial charge in [-0.05, 0) is 12.5 Å². The highest BCUT2D eigenvalue weighted by Gasteiger charge is 2.09. The maximum absolute atomic E-state index is 11.8. The van der Waals surface area contributed by atoms with Gasteiger partial charge in [0.2, 0.25) is 5.91 Å². The van der Waals surface area contributed by atoms with Crippen molar-refractivity contribution < 1.29 is 9.90 Å². The van der Waals surface area contributed by atoms with Crippen LogP contribution in [0.1, 0.15) is 36.6 Å². The second-order valence-electron chi connectivity index (χ2n) is 4.11. The average molecular weight is 265 g/mol. The number of aliphatic hydroxyl groups is 1. The Kier molecular flexibility index (Phi) is 6.48. The lowest BCUT2D eigenvalue weighted by molar-refractivity contribution is -0.130. The van der Waals surface area contributed by atoms with Crippen LogP contribution in [-0.4, -0.2) is 29.6 Å². The molecule has 0 spiro atoms. The van der Waals surface area contributed by atoms with E-state index in [1.165, 1.54) is 0 Å². The summed E-state index contributed by atoms with van der Waals surface area (Å²) in [6.45, 7) is 2.59. The zero-order valence-electron chi connectivity index (χ0n) is 10.9. The molecule has 1 rings (SSSR count). The van der Waals surface area contributed by atoms with Crippen LogP contribution in [0.15, 0.2) is 11.4 Å². The van der Waals surface area contributed by atoms with Gasteiger partial charge in [0.1, 0.15) is 6.61 Å². The van der Waals surface area contributed by atoms with Crippen LogP contribution < -0.4 is 0 Å². The van der Waals surface area contributed by atoms with Gasteiger partial charge in [-0.2, -0.15) is 0 Å². The van der Waals surface area contributed by atoms with Crippen molar-refractivity contribution in [1.29, 1.82) is 0 Å². The summed E-state index contributed by atoms with van der Waals surface area (Å²) in [6, 6.07) is 1.97. The molecule has 0 saturated carbocycles. The van der Waals surface area contributed by atoms with E-state index in [1.807, 2.05) is 18.5 Å². The Morgan fingerprint density at radius 3 is 3.00 bits per heavy atom. The number of aliphatic hydroxyl groups excluding tert-OH is 1. The topological polar surface area (TPSA) is 40.5 Å². The van der Waals surface area contributed by atoms with Crippen LogP contribution in [-0.2, 0) is 11.3 Å². The Morgan fingerprint density at radius 2 is 2.33 bits per heavy atom. The summed E-state index contributed by atoms with van der Waals surface area (Å²) in [5, 5.41) is 10.6. The summed E-state index contributed by atoms with van der Waals surface area (Å²) in [6.07, 6.45) is 2.61. The number of nitrogens with zero attached hydrogens (tertiary/aromatic N) is 1. The molecule has 0 aromatic carbocycles. The Hall–Kier alpha value is -1.31. The van der Waals surface area contributed by atoms with E-state index in [2.05, 4.69) is 18.8 Å². The van der Waals surface area contributed by atoms with E-state index in [-0.39, 0.29) is 12.5 Å². The van der Waals surface area contributed by atoms with Gasteiger partial charge in [0.25, 0.3) is 0 Å². The largest absolute Gasteiger partial charge is 0.384 e. The maximum atomic E-state index is 11.8. The van der Waals surface area contributed by atoms with E-state index in [4.69, 9.17) is 5.11 Å². The summed E-state index contributed by atoms with van der Waals surface area (Å²) in [4.78, 5) is 14.6. The predicted molar refractivity (Wildman–Crippen MR) is 74.3 cm³/mol. The average Bonchev–Trinajstić information content (AvgIpc) is 2.80. The van der Waals surface area contributed by atoms with Crippen molar-refractivity contribution in [2.24, 2.45) is 0 Å². The van der Waals surface area contributed by atoms with Gasteiger partial charge in [0.15, 0.2) is 0 Å². The molecule has 0 bridgehead atoms. The number of hydrogen-bond acceptors (Lipinski definition) is 3. The molecule has 0 aliphatic carbocycles. The van der Waals surface area contributed by atoms with Crippen LogP contribution in [0.4, 0.5) is 0 Å². The van der Waals surface area contributed by atoms with Crippen molar-refractivity contribution in [2.45, 2.75) is 32.7 Å². The summed E-state index contributed by atoms with van der Waals surface area (Å²) in [7, 11) is 1.83. The normalized spacial score (nSPS) is 9.72. The molecule has 0 atom stereocenters. The number of unbranched alkanes of at least 4 members (excludes halogenated alkanes) is 1. The number of thiophene rings is 1. The molecule has 0 aliphatic heterocycles. The third-order valence-corrected chi connectivity index (χ3v) is 3.45. The highest BCUT2D eigenvalue weighted by atomic mass is 32.1. The van der Waals surface area contributed by atoms with E-state index >= 15 is 0 Å². The van der Waals surface area contributed by atoms with Gasteiger partial charge in [0.05, 0.1) is 6.54 Å². The number of amides is 1. The van der Waals surface area contributed by atoms with Gasteiger partial charge in [-0.15, -0.1) is 11.3 Å². The molecular weight excluding hydrogens is 246 g/mol. The smallest absolute Gasteiger partial charge is 0.222 e. The minimum atomic E-state index is -0.124. The quantitative estimate of drug-likeness (QED) is 0.829. The molecule has 1 amide bonds. The Bertz CT molecular complexity index is 442. The maximum Gasteiger partial charge on any atom is 0.222 e. The van der Waals surface area contributed by atoms with Crippen molar-refractivity contribution in [3.05, 3.63) is 21.9 Å². The van der Waals surface area contributed by atoms with E-state index in [1.54, 1.807) is 16.2 Å². The molecule has 4 heteroatoms. The first-order chi connectivity index (χ1) is 8.67. The molecule has 0 unspecified atom stereocenters. The van der Waals surface area contributed by atoms with Gasteiger partial charge < -0.3 is 10.0 Å². The summed E-state index contributed by atoms with van der Waals surface area (Å²) in [5.41, 5.74) is 0.901. The van der Waals surface area contributed by atoms with Gasteiger partial charge in [-0.1, -0.05) is 25.2 Å². The van der Waals surface area contributed by atoms with E-state index in [0.717, 1.165) is 23.3 Å². The van der Waals surface area contributed by atoms with Crippen LogP contribution >= 0.6 is 11.3 Å². The molecule has 0 saturated heterocycles. The van der Waals surface area contributed by atoms with Crippen molar-refractivity contribution in [3.63, 3.8) is 0 Å². The molecule has 1 aromatic heterocycles. The van der Waals surface area contributed by atoms with Gasteiger partial charge >= 0.3 is 0 Å². The number of carbonyl (C=O) groups excluding carboxylic acids is 1. The fourth-order valence-electron chi connectivity index (χ4n) is 1.51. The molecule has 1 heterocycles. The number of rotatable bonds is 5. The van der Waals surface area contributed by atoms with Crippen LogP contribution in [0.2, 0.25) is 0 Å². The lowest BCUT2D eigenvalue weighted by Gasteiger charge is -2.15. The first-order valence-corrected chi connectivity index (χ1v) is 6.96. The number of hydrogen-bond donors (Lipinski definition) is 1. The highest BCUT2D eigenvalue weighted by Crippen LogP contribution is 2.16. The van der Waals surface area contributed by atoms with Crippen LogP contribution in [0.25, 0.3) is 0 Å². The molecule has 0 fully saturated rings. The van der Waals surface area contributed by atoms with Crippen molar-refractivity contribution in [1.82, 2.24) is 4.90 Å². The predicted octanol–water partition coefficient (Wildman–Crippen LogP) is 2.24. The monoisotopic (exact) mass is 265 g/mol. The van der Waals surface area contributed by atoms with Gasteiger partial charge in [0, 0.05) is 29.3 Å². The lowest BCUT2D eigenvalue weighted by atomic mass is 10.2. The van der Waals surface area contributed by atoms with Gasteiger partial charge in [-0.25, -0.2) is 0 Å². The second-order valence-corrected chi connectivity index (χ2v) is 5.11. The second kappa shape index (κ2) is 7.91. The molecule has 98 valence electrons. The third-order valence-electron chi connectivity index (χ3n) is 2.53. The van der Waals surface area contributed by atoms with Crippen molar-refractivity contribution in [2.75, 3.05) is 13.7 Å². The Balaban J connectivity index is 2.51. The minimum absolute atomic E-state index is 0.124. The van der Waals surface area contributed by atoms with Crippen molar-refractivity contribution in [3.8, 4) is 11.8 Å². The third kappa shape index (κ3) is 4.91. The molecule has 1 aromatic rings. The first kappa shape index (κ1) is 14.7. The standard InChI is InChI=1S/C14H19NO2S/c1-3-4-7-14(17)15(2)10-13-9-12(11-18-13)6-5-8-16/h9,11,16H,3-4,7-8,10H2,1-2H3. The Morgan fingerprint density at radius 1 is 1.56 bits per heavy atom. The molecule has 1 N–H and O–H groups in total. The van der Waals surface area contributed by atoms with Gasteiger partial charge in [-0.3, -0.25) is 4.79 Å². The lowest BCUT2D eigenvalue weighted by Crippen LogP contribution is -2.25. The summed E-state index contributed by atoms with van der Waals surface area (Å²) < 4.78 is 0. The SMILES string of the molecule is CCCCC(=O)N(C)Cc1cc(C#CCO)cs1. The zero-order chi connectivity index (χ0) is 13.4. The van der Waals surface area contributed by atoms with E-state index in [0.29, 0.717) is 13.0 Å². The van der Waals surface area contributed by atoms with Crippen molar-refractivity contribution >= 4 is 17.2 Å². The van der Waals surface area contributed by atoms with E-state index < -0.39 is 0 Å². The molecule has 0 radical (unpaired) electrons. The van der Waals surface area contributed by atoms with Crippen LogP contribution in [0, 0.1) is 11.8 Å². The Labute approximate surface area is 112 Å².